The lowest BCUT2D eigenvalue weighted by atomic mass is 10.6. The highest BCUT2D eigenvalue weighted by Gasteiger charge is 2.11. The zero-order valence-corrected chi connectivity index (χ0v) is 6.44. The van der Waals surface area contributed by atoms with Crippen molar-refractivity contribution in [1.82, 2.24) is 0 Å². The molecule has 0 aliphatic carbocycles. The van der Waals surface area contributed by atoms with Crippen molar-refractivity contribution in [2.75, 3.05) is 5.88 Å². The Hall–Kier alpha value is 1.06. The van der Waals surface area contributed by atoms with Crippen molar-refractivity contribution in [2.45, 2.75) is 10.7 Å². The van der Waals surface area contributed by atoms with Crippen molar-refractivity contribution in [3.63, 3.8) is 0 Å². The standard InChI is InChI=1S/C3H5BrCl2/c1-3(4,6)2-5/h2H2,1H3. The fourth-order valence-electron chi connectivity index (χ4n) is 0. The summed E-state index contributed by atoms with van der Waals surface area (Å²) in [4.78, 5) is 0. The highest BCUT2D eigenvalue weighted by Crippen LogP contribution is 2.22. The molecule has 0 rings (SSSR count). The van der Waals surface area contributed by atoms with Crippen molar-refractivity contribution in [1.29, 1.82) is 0 Å². The topological polar surface area (TPSA) is 0 Å². The molecule has 0 spiro atoms. The van der Waals surface area contributed by atoms with Gasteiger partial charge in [-0.2, -0.15) is 0 Å². The first-order valence-electron chi connectivity index (χ1n) is 1.50. The van der Waals surface area contributed by atoms with E-state index >= 15 is 0 Å². The summed E-state index contributed by atoms with van der Waals surface area (Å²) in [5.41, 5.74) is 0. The average molecular weight is 192 g/mol. The molecule has 38 valence electrons. The quantitative estimate of drug-likeness (QED) is 0.560. The molecule has 0 aliphatic heterocycles. The fourth-order valence-corrected chi connectivity index (χ4v) is 0. The second kappa shape index (κ2) is 2.39. The molecule has 3 heteroatoms. The maximum atomic E-state index is 5.50. The van der Waals surface area contributed by atoms with Crippen LogP contribution in [0.4, 0.5) is 0 Å². The van der Waals surface area contributed by atoms with Crippen LogP contribution in [0.15, 0.2) is 0 Å². The van der Waals surface area contributed by atoms with Gasteiger partial charge in [-0.1, -0.05) is 15.9 Å². The van der Waals surface area contributed by atoms with Crippen LogP contribution in [0, 0.1) is 0 Å². The summed E-state index contributed by atoms with van der Waals surface area (Å²) >= 11 is 13.9. The zero-order valence-electron chi connectivity index (χ0n) is 3.34. The number of rotatable bonds is 1. The van der Waals surface area contributed by atoms with E-state index in [-0.39, 0.29) is 0 Å². The summed E-state index contributed by atoms with van der Waals surface area (Å²) in [7, 11) is 0. The van der Waals surface area contributed by atoms with Gasteiger partial charge in [-0.05, 0) is 6.92 Å². The van der Waals surface area contributed by atoms with Crippen molar-refractivity contribution in [3.8, 4) is 0 Å². The Morgan fingerprint density at radius 2 is 2.00 bits per heavy atom. The van der Waals surface area contributed by atoms with Crippen LogP contribution >= 0.6 is 39.1 Å². The van der Waals surface area contributed by atoms with Crippen molar-refractivity contribution < 1.29 is 0 Å². The van der Waals surface area contributed by atoms with Gasteiger partial charge in [0.25, 0.3) is 0 Å². The van der Waals surface area contributed by atoms with E-state index in [9.17, 15) is 0 Å². The molecule has 0 N–H and O–H groups in total. The Balaban J connectivity index is 3.17. The predicted octanol–water partition coefficient (Wildman–Crippen LogP) is 2.58. The molecule has 0 amide bonds. The zero-order chi connectivity index (χ0) is 5.21. The van der Waals surface area contributed by atoms with E-state index in [1.54, 1.807) is 6.92 Å². The predicted molar refractivity (Wildman–Crippen MR) is 33.9 cm³/mol. The maximum absolute atomic E-state index is 5.50. The summed E-state index contributed by atoms with van der Waals surface area (Å²) in [6, 6.07) is 0. The van der Waals surface area contributed by atoms with E-state index in [0.29, 0.717) is 5.88 Å². The molecule has 0 fully saturated rings. The summed E-state index contributed by atoms with van der Waals surface area (Å²) < 4.78 is -0.408. The lowest BCUT2D eigenvalue weighted by molar-refractivity contribution is 1.05. The van der Waals surface area contributed by atoms with Crippen molar-refractivity contribution in [2.24, 2.45) is 0 Å². The van der Waals surface area contributed by atoms with E-state index in [0.717, 1.165) is 0 Å². The van der Waals surface area contributed by atoms with E-state index < -0.39 is 3.78 Å². The molecule has 0 radical (unpaired) electrons. The van der Waals surface area contributed by atoms with Crippen LogP contribution in [0.1, 0.15) is 6.92 Å². The van der Waals surface area contributed by atoms with Gasteiger partial charge in [0.15, 0.2) is 0 Å². The van der Waals surface area contributed by atoms with Crippen molar-refractivity contribution >= 4 is 39.1 Å². The number of alkyl halides is 3. The van der Waals surface area contributed by atoms with Crippen LogP contribution in [0.25, 0.3) is 0 Å². The van der Waals surface area contributed by atoms with Crippen LogP contribution in [0.5, 0.6) is 0 Å². The largest absolute Gasteiger partial charge is 0.124 e. The van der Waals surface area contributed by atoms with Gasteiger partial charge in [0.2, 0.25) is 0 Å². The summed E-state index contributed by atoms with van der Waals surface area (Å²) in [5, 5.41) is 0. The minimum atomic E-state index is -0.408. The summed E-state index contributed by atoms with van der Waals surface area (Å²) in [6.45, 7) is 1.79. The van der Waals surface area contributed by atoms with Gasteiger partial charge in [-0.25, -0.2) is 0 Å². The molecular weight excluding hydrogens is 187 g/mol. The van der Waals surface area contributed by atoms with E-state index in [4.69, 9.17) is 23.2 Å². The van der Waals surface area contributed by atoms with Crippen LogP contribution in [-0.4, -0.2) is 9.66 Å². The monoisotopic (exact) mass is 190 g/mol. The fraction of sp³-hybridized carbons (Fsp3) is 1.00. The Kier molecular flexibility index (Phi) is 2.81. The molecule has 1 atom stereocenters. The van der Waals surface area contributed by atoms with E-state index in [1.807, 2.05) is 0 Å². The number of hydrogen-bond acceptors (Lipinski definition) is 0. The Labute approximate surface area is 55.9 Å². The molecular formula is C3H5BrCl2. The first-order valence-corrected chi connectivity index (χ1v) is 3.20. The molecule has 0 heterocycles. The summed E-state index contributed by atoms with van der Waals surface area (Å²) in [5.74, 6) is 0.425. The van der Waals surface area contributed by atoms with Gasteiger partial charge in [0, 0.05) is 0 Å². The van der Waals surface area contributed by atoms with Crippen LogP contribution < -0.4 is 0 Å². The van der Waals surface area contributed by atoms with Crippen LogP contribution in [0.3, 0.4) is 0 Å². The molecule has 0 aromatic carbocycles. The maximum Gasteiger partial charge on any atom is 0.110 e. The molecule has 0 aromatic rings. The third kappa shape index (κ3) is 5.06. The highest BCUT2D eigenvalue weighted by molar-refractivity contribution is 9.10. The lowest BCUT2D eigenvalue weighted by Gasteiger charge is -2.04. The van der Waals surface area contributed by atoms with Crippen LogP contribution in [0.2, 0.25) is 0 Å². The molecule has 1 unspecified atom stereocenters. The lowest BCUT2D eigenvalue weighted by Crippen LogP contribution is -2.05. The number of halogens is 3. The van der Waals surface area contributed by atoms with E-state index in [2.05, 4.69) is 15.9 Å². The normalized spacial score (nSPS) is 20.0. The third-order valence-electron chi connectivity index (χ3n) is 0.235. The van der Waals surface area contributed by atoms with Crippen LogP contribution in [-0.2, 0) is 0 Å². The number of hydrogen-bond donors (Lipinski definition) is 0. The van der Waals surface area contributed by atoms with Gasteiger partial charge < -0.3 is 0 Å². The first-order chi connectivity index (χ1) is 2.56. The molecule has 0 aliphatic rings. The highest BCUT2D eigenvalue weighted by atomic mass is 79.9. The second-order valence-electron chi connectivity index (χ2n) is 1.20. The molecule has 0 saturated carbocycles. The van der Waals surface area contributed by atoms with Gasteiger partial charge in [0.1, 0.15) is 3.78 Å². The molecule has 0 nitrogen and oxygen atoms in total. The van der Waals surface area contributed by atoms with Gasteiger partial charge >= 0.3 is 0 Å². The Bertz CT molecular complexity index is 38.5. The second-order valence-corrected chi connectivity index (χ2v) is 4.51. The Morgan fingerprint density at radius 3 is 2.00 bits per heavy atom. The molecule has 6 heavy (non-hydrogen) atoms. The van der Waals surface area contributed by atoms with Gasteiger partial charge in [-0.15, -0.1) is 23.2 Å². The minimum absolute atomic E-state index is 0.408. The minimum Gasteiger partial charge on any atom is -0.124 e. The molecule has 0 bridgehead atoms. The Morgan fingerprint density at radius 1 is 1.83 bits per heavy atom. The SMILES string of the molecule is CC(Cl)(Br)CCl. The van der Waals surface area contributed by atoms with E-state index in [1.165, 1.54) is 0 Å². The van der Waals surface area contributed by atoms with Gasteiger partial charge in [0.05, 0.1) is 5.88 Å². The summed E-state index contributed by atoms with van der Waals surface area (Å²) in [6.07, 6.45) is 0. The van der Waals surface area contributed by atoms with Gasteiger partial charge in [-0.3, -0.25) is 0 Å². The third-order valence-corrected chi connectivity index (χ3v) is 1.64. The molecule has 0 saturated heterocycles. The average Bonchev–Trinajstić information content (AvgIpc) is 1.35. The molecule has 0 aromatic heterocycles. The van der Waals surface area contributed by atoms with Crippen molar-refractivity contribution in [3.05, 3.63) is 0 Å². The smallest absolute Gasteiger partial charge is 0.110 e. The first kappa shape index (κ1) is 7.06.